The van der Waals surface area contributed by atoms with Gasteiger partial charge in [-0.2, -0.15) is 0 Å². The van der Waals surface area contributed by atoms with Gasteiger partial charge in [0.1, 0.15) is 0 Å². The van der Waals surface area contributed by atoms with Crippen molar-refractivity contribution < 1.29 is 9.90 Å². The first-order valence-corrected chi connectivity index (χ1v) is 11.8. The first-order chi connectivity index (χ1) is 9.18. The molecule has 4 heteroatoms. The molecule has 114 valence electrons. The summed E-state index contributed by atoms with van der Waals surface area (Å²) < 4.78 is 3.25. The zero-order valence-electron chi connectivity index (χ0n) is 13.1. The van der Waals surface area contributed by atoms with Gasteiger partial charge in [-0.25, -0.2) is 0 Å². The van der Waals surface area contributed by atoms with Crippen LogP contribution in [-0.4, -0.2) is 45.8 Å². The summed E-state index contributed by atoms with van der Waals surface area (Å²) >= 11 is 0.149. The van der Waals surface area contributed by atoms with Crippen molar-refractivity contribution >= 4 is 27.1 Å². The maximum absolute atomic E-state index is 10.0. The summed E-state index contributed by atoms with van der Waals surface area (Å²) in [5.74, 6) is -0.690. The van der Waals surface area contributed by atoms with Gasteiger partial charge in [0.2, 0.25) is 0 Å². The number of aliphatic carboxylic acids is 1. The van der Waals surface area contributed by atoms with Gasteiger partial charge in [0, 0.05) is 6.42 Å². The number of nitrogens with one attached hydrogen (secondary N) is 1. The van der Waals surface area contributed by atoms with E-state index in [-0.39, 0.29) is 21.1 Å². The summed E-state index contributed by atoms with van der Waals surface area (Å²) in [7, 11) is 1.90. The van der Waals surface area contributed by atoms with Crippen LogP contribution in [0.4, 0.5) is 0 Å². The van der Waals surface area contributed by atoms with Crippen LogP contribution in [0.15, 0.2) is 0 Å². The van der Waals surface area contributed by atoms with Crippen molar-refractivity contribution in [1.29, 1.82) is 0 Å². The number of unbranched alkanes of at least 4 members (excludes halogenated alkanes) is 4. The van der Waals surface area contributed by atoms with Gasteiger partial charge >= 0.3 is 75.5 Å². The standard InChI is InChI=1S/C7H15NO2.2C4H9.Sn/c1-8-6-4-2-3-5-7(9)10;2*1-3-4-2;/h8H,2-6H2,1H3,(H,9,10);2*1,3-4H2,2H3;. The van der Waals surface area contributed by atoms with E-state index in [1.54, 1.807) is 8.87 Å². The van der Waals surface area contributed by atoms with E-state index < -0.39 is 5.97 Å². The zero-order chi connectivity index (χ0) is 14.8. The molecule has 3 nitrogen and oxygen atoms in total. The molecule has 0 bridgehead atoms. The van der Waals surface area contributed by atoms with Gasteiger partial charge < -0.3 is 10.4 Å². The molecular weight excluding hydrogens is 345 g/mol. The number of carboxylic acids is 1. The summed E-state index contributed by atoms with van der Waals surface area (Å²) in [6.45, 7) is 5.57. The molecule has 0 spiro atoms. The smallest absolute Gasteiger partial charge is 0.303 e. The van der Waals surface area contributed by atoms with Crippen LogP contribution in [0.25, 0.3) is 0 Å². The Morgan fingerprint density at radius 1 is 1.00 bits per heavy atom. The molecule has 0 atom stereocenters. The van der Waals surface area contributed by atoms with E-state index in [0.717, 1.165) is 25.8 Å². The summed E-state index contributed by atoms with van der Waals surface area (Å²) in [6, 6.07) is 0. The van der Waals surface area contributed by atoms with Gasteiger partial charge in [-0.3, -0.25) is 4.79 Å². The molecule has 0 saturated heterocycles. The summed E-state index contributed by atoms with van der Waals surface area (Å²) in [5, 5.41) is 11.3. The zero-order valence-corrected chi connectivity index (χ0v) is 16.0. The Labute approximate surface area is 130 Å². The average molecular weight is 378 g/mol. The third-order valence-corrected chi connectivity index (χ3v) is 6.77. The normalized spacial score (nSPS) is 9.84. The van der Waals surface area contributed by atoms with Crippen LogP contribution in [0.5, 0.6) is 0 Å². The second-order valence-electron chi connectivity index (χ2n) is 4.77. The maximum atomic E-state index is 10.0. The fourth-order valence-corrected chi connectivity index (χ4v) is 5.64. The molecule has 19 heavy (non-hydrogen) atoms. The Hall–Kier alpha value is 0.229. The molecule has 0 saturated carbocycles. The summed E-state index contributed by atoms with van der Waals surface area (Å²) in [5.41, 5.74) is 0. The van der Waals surface area contributed by atoms with Gasteiger partial charge in [0.25, 0.3) is 0 Å². The number of hydrogen-bond donors (Lipinski definition) is 2. The molecule has 0 rings (SSSR count). The molecule has 0 fully saturated rings. The molecule has 0 aliphatic carbocycles. The monoisotopic (exact) mass is 379 g/mol. The second-order valence-corrected chi connectivity index (χ2v) is 9.05. The minimum absolute atomic E-state index is 0.149. The third kappa shape index (κ3) is 27.4. The Balaban J connectivity index is 0. The van der Waals surface area contributed by atoms with Crippen molar-refractivity contribution in [3.8, 4) is 0 Å². The van der Waals surface area contributed by atoms with Crippen molar-refractivity contribution in [1.82, 2.24) is 5.32 Å². The number of rotatable bonds is 12. The van der Waals surface area contributed by atoms with Gasteiger partial charge in [0.05, 0.1) is 0 Å². The summed E-state index contributed by atoms with van der Waals surface area (Å²) in [6.07, 6.45) is 9.03. The molecule has 0 aromatic heterocycles. The number of hydrogen-bond acceptors (Lipinski definition) is 2. The van der Waals surface area contributed by atoms with Crippen molar-refractivity contribution in [3.05, 3.63) is 0 Å². The molecule has 0 aromatic carbocycles. The van der Waals surface area contributed by atoms with E-state index in [1.165, 1.54) is 25.7 Å². The van der Waals surface area contributed by atoms with Crippen LogP contribution in [0.2, 0.25) is 8.87 Å². The summed E-state index contributed by atoms with van der Waals surface area (Å²) in [4.78, 5) is 10.0. The SMILES string of the molecule is CCC[CH2][Sn][CH2]CCC.CNCCCCCC(=O)O. The molecule has 0 aliphatic heterocycles. The largest absolute Gasteiger partial charge is 0.481 e. The molecule has 0 aromatic rings. The van der Waals surface area contributed by atoms with Gasteiger partial charge in [0.15, 0.2) is 0 Å². The molecule has 2 radical (unpaired) electrons. The van der Waals surface area contributed by atoms with Crippen molar-refractivity contribution in [2.75, 3.05) is 13.6 Å². The predicted molar refractivity (Wildman–Crippen MR) is 85.2 cm³/mol. The van der Waals surface area contributed by atoms with E-state index in [4.69, 9.17) is 5.11 Å². The van der Waals surface area contributed by atoms with E-state index in [2.05, 4.69) is 19.2 Å². The van der Waals surface area contributed by atoms with Crippen LogP contribution in [0.3, 0.4) is 0 Å². The van der Waals surface area contributed by atoms with Crippen molar-refractivity contribution in [3.63, 3.8) is 0 Å². The van der Waals surface area contributed by atoms with Crippen LogP contribution in [0, 0.1) is 0 Å². The van der Waals surface area contributed by atoms with Crippen molar-refractivity contribution in [2.24, 2.45) is 0 Å². The first-order valence-electron chi connectivity index (χ1n) is 7.76. The number of carbonyl (C=O) groups is 1. The molecule has 0 amide bonds. The van der Waals surface area contributed by atoms with Crippen molar-refractivity contribution in [2.45, 2.75) is 74.1 Å². The van der Waals surface area contributed by atoms with E-state index in [9.17, 15) is 4.79 Å². The van der Waals surface area contributed by atoms with Crippen LogP contribution >= 0.6 is 0 Å². The van der Waals surface area contributed by atoms with Crippen LogP contribution < -0.4 is 5.32 Å². The van der Waals surface area contributed by atoms with E-state index in [0.29, 0.717) is 6.42 Å². The maximum Gasteiger partial charge on any atom is 0.303 e. The van der Waals surface area contributed by atoms with Crippen LogP contribution in [-0.2, 0) is 4.79 Å². The second kappa shape index (κ2) is 20.5. The molecular formula is C15H33NO2Sn. The fourth-order valence-electron chi connectivity index (χ4n) is 1.48. The minimum atomic E-state index is -0.690. The van der Waals surface area contributed by atoms with Gasteiger partial charge in [-0.15, -0.1) is 0 Å². The Kier molecular flexibility index (Phi) is 23.3. The average Bonchev–Trinajstić information content (AvgIpc) is 2.39. The van der Waals surface area contributed by atoms with E-state index >= 15 is 0 Å². The molecule has 0 heterocycles. The van der Waals surface area contributed by atoms with Crippen LogP contribution in [0.1, 0.15) is 65.2 Å². The van der Waals surface area contributed by atoms with Gasteiger partial charge in [-0.1, -0.05) is 6.42 Å². The quantitative estimate of drug-likeness (QED) is 0.399. The number of carboxylic acid groups (broad SMARTS) is 1. The van der Waals surface area contributed by atoms with Gasteiger partial charge in [-0.05, 0) is 26.4 Å². The molecule has 0 aliphatic rings. The Morgan fingerprint density at radius 3 is 2.00 bits per heavy atom. The molecule has 2 N–H and O–H groups in total. The Bertz CT molecular complexity index is 172. The molecule has 0 unspecified atom stereocenters. The Morgan fingerprint density at radius 2 is 1.58 bits per heavy atom. The predicted octanol–water partition coefficient (Wildman–Crippen LogP) is 3.98. The minimum Gasteiger partial charge on any atom is -0.481 e. The van der Waals surface area contributed by atoms with E-state index in [1.807, 2.05) is 7.05 Å². The third-order valence-electron chi connectivity index (χ3n) is 2.73. The fraction of sp³-hybridized carbons (Fsp3) is 0.933. The first kappa shape index (κ1) is 21.5. The topological polar surface area (TPSA) is 49.3 Å².